The van der Waals surface area contributed by atoms with Gasteiger partial charge in [-0.3, -0.25) is 0 Å². The molecule has 1 aliphatic rings. The van der Waals surface area contributed by atoms with E-state index in [1.165, 1.54) is 5.57 Å². The lowest BCUT2D eigenvalue weighted by Gasteiger charge is -2.29. The molecule has 0 unspecified atom stereocenters. The minimum absolute atomic E-state index is 0.271. The van der Waals surface area contributed by atoms with Gasteiger partial charge in [-0.15, -0.1) is 0 Å². The molecule has 5 heterocycles. The first kappa shape index (κ1) is 21.1. The van der Waals surface area contributed by atoms with Gasteiger partial charge in [-0.05, 0) is 64.0 Å². The van der Waals surface area contributed by atoms with E-state index in [-0.39, 0.29) is 6.09 Å². The molecular weight excluding hydrogens is 416 g/mol. The standard InChI is InChI=1S/C25H28N6O2/c1-16-22-6-5-18(14-31(22)15-27-16)28-20-7-10-26-23-19(20)13-21(29-23)17-8-11-30(12-9-17)24(32)33-25(2,3)4/h5-8,10,13-15H,9,11-12H2,1-4H3,(H2,26,28,29). The van der Waals surface area contributed by atoms with Crippen LogP contribution in [0.1, 0.15) is 38.6 Å². The lowest BCUT2D eigenvalue weighted by Crippen LogP contribution is -2.39. The Morgan fingerprint density at radius 2 is 2.06 bits per heavy atom. The number of rotatable bonds is 3. The second kappa shape index (κ2) is 7.95. The SMILES string of the molecule is Cc1ncn2cc(Nc3ccnc4[nH]c(C5=CCN(C(=O)OC(C)(C)C)CC5)cc34)ccc12. The molecule has 4 aromatic heterocycles. The highest BCUT2D eigenvalue weighted by Crippen LogP contribution is 2.30. The average Bonchev–Trinajstić information content (AvgIpc) is 3.37. The number of nitrogens with zero attached hydrogens (tertiary/aromatic N) is 4. The predicted octanol–water partition coefficient (Wildman–Crippen LogP) is 5.29. The number of pyridine rings is 2. The number of aromatic amines is 1. The van der Waals surface area contributed by atoms with Gasteiger partial charge in [-0.1, -0.05) is 6.08 Å². The van der Waals surface area contributed by atoms with Crippen molar-refractivity contribution in [3.63, 3.8) is 0 Å². The molecular formula is C25H28N6O2. The molecule has 0 aromatic carbocycles. The minimum Gasteiger partial charge on any atom is -0.444 e. The molecule has 4 aromatic rings. The first-order valence-corrected chi connectivity index (χ1v) is 11.1. The highest BCUT2D eigenvalue weighted by molar-refractivity contribution is 5.94. The number of carbonyl (C=O) groups excluding carboxylic acids is 1. The topological polar surface area (TPSA) is 87.5 Å². The van der Waals surface area contributed by atoms with E-state index in [1.807, 2.05) is 50.7 Å². The summed E-state index contributed by atoms with van der Waals surface area (Å²) in [6.07, 6.45) is 8.22. The summed E-state index contributed by atoms with van der Waals surface area (Å²) in [4.78, 5) is 26.4. The van der Waals surface area contributed by atoms with E-state index < -0.39 is 5.60 Å². The molecule has 0 spiro atoms. The number of anilines is 2. The van der Waals surface area contributed by atoms with Gasteiger partial charge < -0.3 is 24.3 Å². The van der Waals surface area contributed by atoms with Gasteiger partial charge in [0.05, 0.1) is 28.9 Å². The summed E-state index contributed by atoms with van der Waals surface area (Å²) in [5.74, 6) is 0. The number of fused-ring (bicyclic) bond motifs is 2. The number of hydrogen-bond donors (Lipinski definition) is 2. The second-order valence-electron chi connectivity index (χ2n) is 9.37. The maximum Gasteiger partial charge on any atom is 0.410 e. The van der Waals surface area contributed by atoms with Crippen LogP contribution in [-0.4, -0.2) is 49.0 Å². The van der Waals surface area contributed by atoms with E-state index in [9.17, 15) is 4.79 Å². The lowest BCUT2D eigenvalue weighted by atomic mass is 10.0. The zero-order valence-corrected chi connectivity index (χ0v) is 19.3. The summed E-state index contributed by atoms with van der Waals surface area (Å²) >= 11 is 0. The highest BCUT2D eigenvalue weighted by Gasteiger charge is 2.24. The van der Waals surface area contributed by atoms with Gasteiger partial charge >= 0.3 is 6.09 Å². The predicted molar refractivity (Wildman–Crippen MR) is 130 cm³/mol. The van der Waals surface area contributed by atoms with Gasteiger partial charge in [0.25, 0.3) is 0 Å². The molecule has 0 saturated heterocycles. The number of aryl methyl sites for hydroxylation is 1. The Morgan fingerprint density at radius 3 is 2.82 bits per heavy atom. The molecule has 33 heavy (non-hydrogen) atoms. The highest BCUT2D eigenvalue weighted by atomic mass is 16.6. The van der Waals surface area contributed by atoms with Crippen LogP contribution in [0, 0.1) is 6.92 Å². The molecule has 8 nitrogen and oxygen atoms in total. The largest absolute Gasteiger partial charge is 0.444 e. The fraction of sp³-hybridized carbons (Fsp3) is 0.320. The number of carbonyl (C=O) groups is 1. The fourth-order valence-corrected chi connectivity index (χ4v) is 4.08. The van der Waals surface area contributed by atoms with Gasteiger partial charge in [0, 0.05) is 36.6 Å². The Morgan fingerprint density at radius 1 is 1.21 bits per heavy atom. The Bertz CT molecular complexity index is 1370. The fourth-order valence-electron chi connectivity index (χ4n) is 4.08. The lowest BCUT2D eigenvalue weighted by molar-refractivity contribution is 0.0270. The van der Waals surface area contributed by atoms with Crippen LogP contribution in [0.15, 0.2) is 49.1 Å². The number of nitrogens with one attached hydrogen (secondary N) is 2. The Balaban J connectivity index is 1.37. The van der Waals surface area contributed by atoms with Gasteiger partial charge in [-0.2, -0.15) is 0 Å². The average molecular weight is 445 g/mol. The second-order valence-corrected chi connectivity index (χ2v) is 9.37. The maximum atomic E-state index is 12.3. The van der Waals surface area contributed by atoms with Gasteiger partial charge in [-0.25, -0.2) is 14.8 Å². The third-order valence-electron chi connectivity index (χ3n) is 5.74. The summed E-state index contributed by atoms with van der Waals surface area (Å²) in [5.41, 5.74) is 6.58. The van der Waals surface area contributed by atoms with Crippen LogP contribution in [0.25, 0.3) is 22.1 Å². The normalized spacial score (nSPS) is 14.5. The van der Waals surface area contributed by atoms with Crippen molar-refractivity contribution in [2.24, 2.45) is 0 Å². The van der Waals surface area contributed by atoms with Crippen molar-refractivity contribution in [1.82, 2.24) is 24.3 Å². The van der Waals surface area contributed by atoms with Crippen molar-refractivity contribution >= 4 is 39.6 Å². The molecule has 1 aliphatic heterocycles. The van der Waals surface area contributed by atoms with E-state index in [0.29, 0.717) is 13.1 Å². The smallest absolute Gasteiger partial charge is 0.410 e. The molecule has 5 rings (SSSR count). The van der Waals surface area contributed by atoms with Crippen molar-refractivity contribution in [2.75, 3.05) is 18.4 Å². The summed E-state index contributed by atoms with van der Waals surface area (Å²) < 4.78 is 7.51. The Labute approximate surface area is 192 Å². The summed E-state index contributed by atoms with van der Waals surface area (Å²) in [7, 11) is 0. The van der Waals surface area contributed by atoms with E-state index >= 15 is 0 Å². The quantitative estimate of drug-likeness (QED) is 0.448. The summed E-state index contributed by atoms with van der Waals surface area (Å²) in [5, 5.41) is 4.53. The van der Waals surface area contributed by atoms with Crippen LogP contribution in [-0.2, 0) is 4.74 Å². The number of ether oxygens (including phenoxy) is 1. The minimum atomic E-state index is -0.492. The molecule has 170 valence electrons. The van der Waals surface area contributed by atoms with Crippen molar-refractivity contribution in [2.45, 2.75) is 39.7 Å². The number of amides is 1. The zero-order valence-electron chi connectivity index (χ0n) is 19.3. The molecule has 8 heteroatoms. The van der Waals surface area contributed by atoms with E-state index in [1.54, 1.807) is 11.1 Å². The third kappa shape index (κ3) is 4.28. The van der Waals surface area contributed by atoms with E-state index in [4.69, 9.17) is 4.74 Å². The van der Waals surface area contributed by atoms with Crippen LogP contribution in [0.2, 0.25) is 0 Å². The molecule has 0 aliphatic carbocycles. The number of imidazole rings is 1. The van der Waals surface area contributed by atoms with Crippen molar-refractivity contribution in [3.05, 3.63) is 60.5 Å². The molecule has 0 saturated carbocycles. The van der Waals surface area contributed by atoms with Crippen molar-refractivity contribution in [3.8, 4) is 0 Å². The van der Waals surface area contributed by atoms with E-state index in [0.717, 1.165) is 45.7 Å². The van der Waals surface area contributed by atoms with Crippen LogP contribution in [0.4, 0.5) is 16.2 Å². The van der Waals surface area contributed by atoms with E-state index in [2.05, 4.69) is 44.5 Å². The van der Waals surface area contributed by atoms with Crippen LogP contribution < -0.4 is 5.32 Å². The summed E-state index contributed by atoms with van der Waals surface area (Å²) in [6, 6.07) is 8.22. The van der Waals surface area contributed by atoms with Crippen molar-refractivity contribution in [1.29, 1.82) is 0 Å². The van der Waals surface area contributed by atoms with Gasteiger partial charge in [0.15, 0.2) is 0 Å². The van der Waals surface area contributed by atoms with Crippen LogP contribution in [0.5, 0.6) is 0 Å². The van der Waals surface area contributed by atoms with Gasteiger partial charge in [0.1, 0.15) is 11.2 Å². The molecule has 1 amide bonds. The molecule has 0 bridgehead atoms. The Hall–Kier alpha value is -3.81. The zero-order chi connectivity index (χ0) is 23.2. The molecule has 0 fully saturated rings. The number of hydrogen-bond acceptors (Lipinski definition) is 5. The summed E-state index contributed by atoms with van der Waals surface area (Å²) in [6.45, 7) is 8.81. The monoisotopic (exact) mass is 444 g/mol. The van der Waals surface area contributed by atoms with Gasteiger partial charge in [0.2, 0.25) is 0 Å². The van der Waals surface area contributed by atoms with Crippen molar-refractivity contribution < 1.29 is 9.53 Å². The molecule has 0 radical (unpaired) electrons. The first-order valence-electron chi connectivity index (χ1n) is 11.1. The Kier molecular flexibility index (Phi) is 5.08. The van der Waals surface area contributed by atoms with Crippen LogP contribution >= 0.6 is 0 Å². The third-order valence-corrected chi connectivity index (χ3v) is 5.74. The first-order chi connectivity index (χ1) is 15.8. The number of H-pyrrole nitrogens is 1. The number of aromatic nitrogens is 4. The molecule has 2 N–H and O–H groups in total. The molecule has 0 atom stereocenters. The maximum absolute atomic E-state index is 12.3. The van der Waals surface area contributed by atoms with Crippen LogP contribution in [0.3, 0.4) is 0 Å².